The van der Waals surface area contributed by atoms with Crippen molar-refractivity contribution in [3.8, 4) is 0 Å². The third-order valence-electron chi connectivity index (χ3n) is 3.05. The maximum absolute atomic E-state index is 12.3. The standard InChI is InChI=1S/C14H13N3O2S/c1-11-14(15-13-9-5-6-10-17(11)13)16-20(18,19)12-7-3-2-4-8-12/h2-10,16H,1H3. The van der Waals surface area contributed by atoms with Gasteiger partial charge in [-0.2, -0.15) is 0 Å². The first-order valence-corrected chi connectivity index (χ1v) is 7.58. The van der Waals surface area contributed by atoms with E-state index in [1.165, 1.54) is 0 Å². The molecular weight excluding hydrogens is 274 g/mol. The van der Waals surface area contributed by atoms with Gasteiger partial charge < -0.3 is 4.40 Å². The molecule has 0 spiro atoms. The number of imidazole rings is 1. The lowest BCUT2D eigenvalue weighted by Gasteiger charge is -2.06. The number of nitrogens with one attached hydrogen (secondary N) is 1. The average Bonchev–Trinajstić information content (AvgIpc) is 2.76. The van der Waals surface area contributed by atoms with E-state index in [4.69, 9.17) is 0 Å². The summed E-state index contributed by atoms with van der Waals surface area (Å²) in [6, 6.07) is 13.8. The summed E-state index contributed by atoms with van der Waals surface area (Å²) in [5.74, 6) is 0.347. The van der Waals surface area contributed by atoms with E-state index in [0.717, 1.165) is 5.69 Å². The van der Waals surface area contributed by atoms with Crippen molar-refractivity contribution >= 4 is 21.5 Å². The molecule has 102 valence electrons. The average molecular weight is 287 g/mol. The fourth-order valence-corrected chi connectivity index (χ4v) is 3.08. The molecule has 2 aromatic heterocycles. The molecule has 20 heavy (non-hydrogen) atoms. The highest BCUT2D eigenvalue weighted by Gasteiger charge is 2.17. The first-order chi connectivity index (χ1) is 9.58. The van der Waals surface area contributed by atoms with Gasteiger partial charge in [-0.05, 0) is 31.2 Å². The van der Waals surface area contributed by atoms with E-state index in [2.05, 4.69) is 9.71 Å². The van der Waals surface area contributed by atoms with Crippen molar-refractivity contribution in [1.29, 1.82) is 0 Å². The Bertz CT molecular complexity index is 855. The predicted molar refractivity (Wildman–Crippen MR) is 77.2 cm³/mol. The van der Waals surface area contributed by atoms with Gasteiger partial charge in [-0.3, -0.25) is 4.72 Å². The summed E-state index contributed by atoms with van der Waals surface area (Å²) in [5.41, 5.74) is 1.45. The zero-order chi connectivity index (χ0) is 14.2. The minimum atomic E-state index is -3.61. The Morgan fingerprint density at radius 3 is 2.45 bits per heavy atom. The molecule has 1 aromatic carbocycles. The number of aromatic nitrogens is 2. The van der Waals surface area contributed by atoms with Crippen LogP contribution in [0.2, 0.25) is 0 Å². The second kappa shape index (κ2) is 4.64. The molecule has 0 fully saturated rings. The molecule has 5 nitrogen and oxygen atoms in total. The van der Waals surface area contributed by atoms with E-state index in [1.54, 1.807) is 30.3 Å². The van der Waals surface area contributed by atoms with Crippen molar-refractivity contribution < 1.29 is 8.42 Å². The molecule has 0 aliphatic carbocycles. The fourth-order valence-electron chi connectivity index (χ4n) is 2.00. The van der Waals surface area contributed by atoms with Crippen LogP contribution in [0.3, 0.4) is 0 Å². The summed E-state index contributed by atoms with van der Waals surface area (Å²) in [6.45, 7) is 1.82. The summed E-state index contributed by atoms with van der Waals surface area (Å²) in [6.07, 6.45) is 1.85. The number of benzene rings is 1. The largest absolute Gasteiger partial charge is 0.302 e. The number of pyridine rings is 1. The molecule has 0 aliphatic rings. The summed E-state index contributed by atoms with van der Waals surface area (Å²) in [7, 11) is -3.61. The van der Waals surface area contributed by atoms with Crippen LogP contribution in [0.4, 0.5) is 5.82 Å². The Morgan fingerprint density at radius 1 is 1.05 bits per heavy atom. The highest BCUT2D eigenvalue weighted by atomic mass is 32.2. The maximum Gasteiger partial charge on any atom is 0.263 e. The van der Waals surface area contributed by atoms with Crippen molar-refractivity contribution in [2.24, 2.45) is 0 Å². The normalized spacial score (nSPS) is 11.7. The quantitative estimate of drug-likeness (QED) is 0.804. The van der Waals surface area contributed by atoms with Gasteiger partial charge in [-0.15, -0.1) is 0 Å². The van der Waals surface area contributed by atoms with Crippen molar-refractivity contribution in [2.75, 3.05) is 4.72 Å². The Labute approximate surface area is 117 Å². The lowest BCUT2D eigenvalue weighted by Crippen LogP contribution is -2.13. The van der Waals surface area contributed by atoms with Crippen molar-refractivity contribution in [2.45, 2.75) is 11.8 Å². The van der Waals surface area contributed by atoms with Crippen LogP contribution in [0.15, 0.2) is 59.6 Å². The van der Waals surface area contributed by atoms with E-state index >= 15 is 0 Å². The number of fused-ring (bicyclic) bond motifs is 1. The van der Waals surface area contributed by atoms with Gasteiger partial charge in [-0.25, -0.2) is 13.4 Å². The van der Waals surface area contributed by atoms with Crippen LogP contribution >= 0.6 is 0 Å². The lowest BCUT2D eigenvalue weighted by atomic mass is 10.4. The molecule has 0 atom stereocenters. The third kappa shape index (κ3) is 2.14. The molecule has 3 aromatic rings. The monoisotopic (exact) mass is 287 g/mol. The van der Waals surface area contributed by atoms with Crippen LogP contribution in [-0.2, 0) is 10.0 Å². The maximum atomic E-state index is 12.3. The second-order valence-corrected chi connectivity index (χ2v) is 6.08. The number of aryl methyl sites for hydroxylation is 1. The van der Waals surface area contributed by atoms with Gasteiger partial charge in [0, 0.05) is 6.20 Å². The van der Waals surface area contributed by atoms with Gasteiger partial charge >= 0.3 is 0 Å². The lowest BCUT2D eigenvalue weighted by molar-refractivity contribution is 0.601. The van der Waals surface area contributed by atoms with E-state index in [0.29, 0.717) is 11.5 Å². The molecular formula is C14H13N3O2S. The Kier molecular flexibility index (Phi) is 2.94. The number of anilines is 1. The van der Waals surface area contributed by atoms with E-state index < -0.39 is 10.0 Å². The van der Waals surface area contributed by atoms with Gasteiger partial charge in [0.1, 0.15) is 5.65 Å². The van der Waals surface area contributed by atoms with Crippen LogP contribution in [0.25, 0.3) is 5.65 Å². The number of rotatable bonds is 3. The number of hydrogen-bond acceptors (Lipinski definition) is 3. The molecule has 0 bridgehead atoms. The smallest absolute Gasteiger partial charge is 0.263 e. The molecule has 6 heteroatoms. The van der Waals surface area contributed by atoms with Crippen molar-refractivity contribution in [3.05, 3.63) is 60.4 Å². The first-order valence-electron chi connectivity index (χ1n) is 6.09. The Morgan fingerprint density at radius 2 is 1.75 bits per heavy atom. The van der Waals surface area contributed by atoms with E-state index in [1.807, 2.05) is 35.7 Å². The van der Waals surface area contributed by atoms with Gasteiger partial charge in [0.2, 0.25) is 0 Å². The van der Waals surface area contributed by atoms with Gasteiger partial charge in [0.05, 0.1) is 10.6 Å². The summed E-state index contributed by atoms with van der Waals surface area (Å²) in [4.78, 5) is 4.51. The predicted octanol–water partition coefficient (Wildman–Crippen LogP) is 2.44. The molecule has 0 aliphatic heterocycles. The van der Waals surface area contributed by atoms with Gasteiger partial charge in [-0.1, -0.05) is 24.3 Å². The van der Waals surface area contributed by atoms with Crippen LogP contribution in [0, 0.1) is 6.92 Å². The van der Waals surface area contributed by atoms with Crippen LogP contribution < -0.4 is 4.72 Å². The van der Waals surface area contributed by atoms with Gasteiger partial charge in [0.25, 0.3) is 10.0 Å². The minimum absolute atomic E-state index is 0.219. The molecule has 1 N–H and O–H groups in total. The number of hydrogen-bond donors (Lipinski definition) is 1. The van der Waals surface area contributed by atoms with Crippen molar-refractivity contribution in [3.63, 3.8) is 0 Å². The zero-order valence-electron chi connectivity index (χ0n) is 10.8. The molecule has 3 rings (SSSR count). The summed E-state index contributed by atoms with van der Waals surface area (Å²) in [5, 5.41) is 0. The Hall–Kier alpha value is -2.34. The molecule has 0 saturated heterocycles. The molecule has 2 heterocycles. The fraction of sp³-hybridized carbons (Fsp3) is 0.0714. The topological polar surface area (TPSA) is 63.5 Å². The zero-order valence-corrected chi connectivity index (χ0v) is 11.6. The van der Waals surface area contributed by atoms with E-state index in [-0.39, 0.29) is 4.90 Å². The van der Waals surface area contributed by atoms with Crippen molar-refractivity contribution in [1.82, 2.24) is 9.38 Å². The highest BCUT2D eigenvalue weighted by Crippen LogP contribution is 2.20. The number of sulfonamides is 1. The van der Waals surface area contributed by atoms with Crippen LogP contribution in [-0.4, -0.2) is 17.8 Å². The Balaban J connectivity index is 2.03. The minimum Gasteiger partial charge on any atom is -0.302 e. The molecule has 0 radical (unpaired) electrons. The second-order valence-electron chi connectivity index (χ2n) is 4.39. The summed E-state index contributed by atoms with van der Waals surface area (Å²) >= 11 is 0. The SMILES string of the molecule is Cc1c(NS(=O)(=O)c2ccccc2)nc2ccccn12. The molecule has 0 unspecified atom stereocenters. The van der Waals surface area contributed by atoms with Gasteiger partial charge in [0.15, 0.2) is 5.82 Å². The van der Waals surface area contributed by atoms with E-state index in [9.17, 15) is 8.42 Å². The first kappa shape index (κ1) is 12.7. The number of nitrogens with zero attached hydrogens (tertiary/aromatic N) is 2. The summed E-state index contributed by atoms with van der Waals surface area (Å²) < 4.78 is 28.9. The highest BCUT2D eigenvalue weighted by molar-refractivity contribution is 7.92. The van der Waals surface area contributed by atoms with Crippen LogP contribution in [0.5, 0.6) is 0 Å². The third-order valence-corrected chi connectivity index (χ3v) is 4.41. The molecule has 0 saturated carbocycles. The molecule has 0 amide bonds. The van der Waals surface area contributed by atoms with Crippen LogP contribution in [0.1, 0.15) is 5.69 Å².